The highest BCUT2D eigenvalue weighted by atomic mass is 16.5. The predicted molar refractivity (Wildman–Crippen MR) is 101 cm³/mol. The maximum Gasteiger partial charge on any atom is 0.224 e. The molecule has 1 unspecified atom stereocenters. The van der Waals surface area contributed by atoms with Gasteiger partial charge < -0.3 is 24.3 Å². The second-order valence-electron chi connectivity index (χ2n) is 5.84. The fourth-order valence-electron chi connectivity index (χ4n) is 2.69. The van der Waals surface area contributed by atoms with Gasteiger partial charge in [-0.1, -0.05) is 19.1 Å². The quantitative estimate of drug-likeness (QED) is 0.775. The standard InChI is InChI=1S/C20H25NO5/c1-13(14-6-8-16(23-2)9-7-14)10-19(22)21-15-11-17(24-3)20(26-5)18(12-15)25-4/h6-9,11-13H,10H2,1-5H3,(H,21,22). The molecular weight excluding hydrogens is 334 g/mol. The highest BCUT2D eigenvalue weighted by Crippen LogP contribution is 2.40. The summed E-state index contributed by atoms with van der Waals surface area (Å²) in [6.07, 6.45) is 0.350. The number of amides is 1. The van der Waals surface area contributed by atoms with Crippen LogP contribution in [0, 0.1) is 0 Å². The van der Waals surface area contributed by atoms with E-state index in [4.69, 9.17) is 18.9 Å². The average Bonchev–Trinajstić information content (AvgIpc) is 2.66. The Labute approximate surface area is 154 Å². The summed E-state index contributed by atoms with van der Waals surface area (Å²) in [7, 11) is 6.24. The van der Waals surface area contributed by atoms with Gasteiger partial charge in [-0.2, -0.15) is 0 Å². The smallest absolute Gasteiger partial charge is 0.224 e. The van der Waals surface area contributed by atoms with Gasteiger partial charge >= 0.3 is 0 Å². The number of methoxy groups -OCH3 is 4. The van der Waals surface area contributed by atoms with Gasteiger partial charge in [0.1, 0.15) is 5.75 Å². The zero-order chi connectivity index (χ0) is 19.1. The first-order valence-electron chi connectivity index (χ1n) is 8.26. The number of hydrogen-bond acceptors (Lipinski definition) is 5. The molecule has 1 amide bonds. The first-order chi connectivity index (χ1) is 12.5. The third-order valence-corrected chi connectivity index (χ3v) is 4.12. The Morgan fingerprint density at radius 3 is 1.96 bits per heavy atom. The van der Waals surface area contributed by atoms with Crippen LogP contribution in [0.5, 0.6) is 23.0 Å². The molecule has 140 valence electrons. The monoisotopic (exact) mass is 359 g/mol. The van der Waals surface area contributed by atoms with E-state index < -0.39 is 0 Å². The third-order valence-electron chi connectivity index (χ3n) is 4.12. The third kappa shape index (κ3) is 4.59. The predicted octanol–water partition coefficient (Wildman–Crippen LogP) is 3.85. The van der Waals surface area contributed by atoms with E-state index in [2.05, 4.69) is 5.32 Å². The lowest BCUT2D eigenvalue weighted by atomic mass is 9.97. The summed E-state index contributed by atoms with van der Waals surface area (Å²) in [6.45, 7) is 2.01. The molecule has 0 fully saturated rings. The number of rotatable bonds is 8. The van der Waals surface area contributed by atoms with E-state index in [-0.39, 0.29) is 11.8 Å². The zero-order valence-electron chi connectivity index (χ0n) is 15.8. The number of carbonyl (C=O) groups is 1. The van der Waals surface area contributed by atoms with E-state index in [1.165, 1.54) is 21.3 Å². The van der Waals surface area contributed by atoms with Crippen LogP contribution >= 0.6 is 0 Å². The molecule has 1 atom stereocenters. The maximum atomic E-state index is 12.4. The molecule has 26 heavy (non-hydrogen) atoms. The lowest BCUT2D eigenvalue weighted by Gasteiger charge is -2.16. The van der Waals surface area contributed by atoms with Crippen molar-refractivity contribution in [2.75, 3.05) is 33.8 Å². The lowest BCUT2D eigenvalue weighted by molar-refractivity contribution is -0.116. The van der Waals surface area contributed by atoms with Crippen LogP contribution in [0.3, 0.4) is 0 Å². The van der Waals surface area contributed by atoms with Gasteiger partial charge in [0.05, 0.1) is 28.4 Å². The van der Waals surface area contributed by atoms with Gasteiger partial charge in [-0.25, -0.2) is 0 Å². The van der Waals surface area contributed by atoms with Crippen molar-refractivity contribution < 1.29 is 23.7 Å². The molecule has 2 aromatic rings. The molecule has 0 radical (unpaired) electrons. The Bertz CT molecular complexity index is 717. The summed E-state index contributed by atoms with van der Waals surface area (Å²) in [4.78, 5) is 12.4. The Morgan fingerprint density at radius 1 is 0.923 bits per heavy atom. The first-order valence-corrected chi connectivity index (χ1v) is 8.26. The SMILES string of the molecule is COc1ccc(C(C)CC(=O)Nc2cc(OC)c(OC)c(OC)c2)cc1. The molecule has 0 aliphatic heterocycles. The van der Waals surface area contributed by atoms with Gasteiger partial charge in [0.2, 0.25) is 11.7 Å². The summed E-state index contributed by atoms with van der Waals surface area (Å²) in [6, 6.07) is 11.1. The highest BCUT2D eigenvalue weighted by Gasteiger charge is 2.16. The zero-order valence-corrected chi connectivity index (χ0v) is 15.8. The lowest BCUT2D eigenvalue weighted by Crippen LogP contribution is -2.14. The minimum absolute atomic E-state index is 0.0722. The topological polar surface area (TPSA) is 66.0 Å². The molecule has 0 aromatic heterocycles. The molecule has 0 aliphatic carbocycles. The summed E-state index contributed by atoms with van der Waals surface area (Å²) >= 11 is 0. The molecule has 0 saturated heterocycles. The molecule has 2 aromatic carbocycles. The summed E-state index contributed by atoms with van der Waals surface area (Å²) < 4.78 is 21.1. The van der Waals surface area contributed by atoms with Crippen molar-refractivity contribution in [3.05, 3.63) is 42.0 Å². The second-order valence-corrected chi connectivity index (χ2v) is 5.84. The molecule has 0 bridgehead atoms. The number of benzene rings is 2. The van der Waals surface area contributed by atoms with Gasteiger partial charge in [-0.3, -0.25) is 4.79 Å². The molecule has 1 N–H and O–H groups in total. The number of ether oxygens (including phenoxy) is 4. The van der Waals surface area contributed by atoms with Crippen LogP contribution in [0.25, 0.3) is 0 Å². The summed E-state index contributed by atoms with van der Waals surface area (Å²) in [5.74, 6) is 2.24. The second kappa shape index (κ2) is 8.99. The number of carbonyl (C=O) groups excluding carboxylic acids is 1. The van der Waals surface area contributed by atoms with Crippen LogP contribution in [0.1, 0.15) is 24.8 Å². The Morgan fingerprint density at radius 2 is 1.50 bits per heavy atom. The average molecular weight is 359 g/mol. The van der Waals surface area contributed by atoms with Crippen LogP contribution in [-0.4, -0.2) is 34.3 Å². The van der Waals surface area contributed by atoms with Crippen LogP contribution in [0.15, 0.2) is 36.4 Å². The van der Waals surface area contributed by atoms with Gasteiger partial charge in [0.15, 0.2) is 11.5 Å². The van der Waals surface area contributed by atoms with Crippen LogP contribution in [0.2, 0.25) is 0 Å². The van der Waals surface area contributed by atoms with Crippen molar-refractivity contribution in [1.82, 2.24) is 0 Å². The molecule has 2 rings (SSSR count). The molecular formula is C20H25NO5. The molecule has 0 heterocycles. The fraction of sp³-hybridized carbons (Fsp3) is 0.350. The molecule has 6 nitrogen and oxygen atoms in total. The number of hydrogen-bond donors (Lipinski definition) is 1. The van der Waals surface area contributed by atoms with Crippen LogP contribution in [-0.2, 0) is 4.79 Å². The van der Waals surface area contributed by atoms with Gasteiger partial charge in [-0.05, 0) is 23.6 Å². The highest BCUT2D eigenvalue weighted by molar-refractivity contribution is 5.92. The van der Waals surface area contributed by atoms with Crippen molar-refractivity contribution >= 4 is 11.6 Å². The van der Waals surface area contributed by atoms with Crippen molar-refractivity contribution in [2.45, 2.75) is 19.3 Å². The van der Waals surface area contributed by atoms with Gasteiger partial charge in [0, 0.05) is 24.2 Å². The van der Waals surface area contributed by atoms with Crippen LogP contribution in [0.4, 0.5) is 5.69 Å². The van der Waals surface area contributed by atoms with E-state index in [0.717, 1.165) is 11.3 Å². The molecule has 0 aliphatic rings. The van der Waals surface area contributed by atoms with Crippen LogP contribution < -0.4 is 24.3 Å². The van der Waals surface area contributed by atoms with Crippen molar-refractivity contribution in [3.63, 3.8) is 0 Å². The van der Waals surface area contributed by atoms with Gasteiger partial charge in [-0.15, -0.1) is 0 Å². The van der Waals surface area contributed by atoms with Gasteiger partial charge in [0.25, 0.3) is 0 Å². The Kier molecular flexibility index (Phi) is 6.72. The van der Waals surface area contributed by atoms with E-state index in [9.17, 15) is 4.79 Å². The van der Waals surface area contributed by atoms with E-state index >= 15 is 0 Å². The van der Waals surface area contributed by atoms with E-state index in [0.29, 0.717) is 29.4 Å². The maximum absolute atomic E-state index is 12.4. The normalized spacial score (nSPS) is 11.4. The number of nitrogens with one attached hydrogen (secondary N) is 1. The van der Waals surface area contributed by atoms with E-state index in [1.807, 2.05) is 31.2 Å². The Balaban J connectivity index is 2.08. The summed E-state index contributed by atoms with van der Waals surface area (Å²) in [5.41, 5.74) is 1.66. The minimum atomic E-state index is -0.0948. The molecule has 0 saturated carbocycles. The largest absolute Gasteiger partial charge is 0.497 e. The number of anilines is 1. The molecule has 6 heteroatoms. The van der Waals surface area contributed by atoms with Crippen molar-refractivity contribution in [2.24, 2.45) is 0 Å². The van der Waals surface area contributed by atoms with Crippen molar-refractivity contribution in [3.8, 4) is 23.0 Å². The minimum Gasteiger partial charge on any atom is -0.497 e. The molecule has 0 spiro atoms. The first kappa shape index (κ1) is 19.4. The van der Waals surface area contributed by atoms with Crippen molar-refractivity contribution in [1.29, 1.82) is 0 Å². The fourth-order valence-corrected chi connectivity index (χ4v) is 2.69. The summed E-state index contributed by atoms with van der Waals surface area (Å²) in [5, 5.41) is 2.89. The Hall–Kier alpha value is -2.89. The van der Waals surface area contributed by atoms with E-state index in [1.54, 1.807) is 19.2 Å².